The maximum atomic E-state index is 12.4. The van der Waals surface area contributed by atoms with Crippen molar-refractivity contribution in [2.75, 3.05) is 19.5 Å². The van der Waals surface area contributed by atoms with Gasteiger partial charge in [0.05, 0.1) is 0 Å². The zero-order valence-electron chi connectivity index (χ0n) is 10.1. The molecule has 1 N–H and O–H groups in total. The van der Waals surface area contributed by atoms with Gasteiger partial charge in [-0.05, 0) is 30.9 Å². The summed E-state index contributed by atoms with van der Waals surface area (Å²) < 4.78 is 22.6. The van der Waals surface area contributed by atoms with Gasteiger partial charge >= 0.3 is 7.60 Å². The number of nitrogens with one attached hydrogen (secondary N) is 1. The predicted molar refractivity (Wildman–Crippen MR) is 68.2 cm³/mol. The largest absolute Gasteiger partial charge is 0.371 e. The lowest BCUT2D eigenvalue weighted by molar-refractivity contribution is 0.265. The van der Waals surface area contributed by atoms with E-state index in [1.54, 1.807) is 0 Å². The van der Waals surface area contributed by atoms with Crippen molar-refractivity contribution in [3.63, 3.8) is 0 Å². The average molecular weight is 255 g/mol. The van der Waals surface area contributed by atoms with E-state index in [0.717, 1.165) is 18.5 Å². The molecule has 1 fully saturated rings. The molecule has 0 heterocycles. The maximum absolute atomic E-state index is 12.4. The summed E-state index contributed by atoms with van der Waals surface area (Å²) in [7, 11) is -0.188. The molecule has 1 unspecified atom stereocenters. The van der Waals surface area contributed by atoms with Crippen LogP contribution < -0.4 is 5.32 Å². The van der Waals surface area contributed by atoms with E-state index in [-0.39, 0.29) is 5.78 Å². The zero-order chi connectivity index (χ0) is 12.3. The van der Waals surface area contributed by atoms with Gasteiger partial charge in [-0.3, -0.25) is 4.57 Å². The van der Waals surface area contributed by atoms with Crippen LogP contribution >= 0.6 is 7.60 Å². The minimum atomic E-state index is -3.06. The van der Waals surface area contributed by atoms with E-state index < -0.39 is 7.60 Å². The number of para-hydroxylation sites is 1. The number of rotatable bonds is 6. The van der Waals surface area contributed by atoms with Crippen LogP contribution in [-0.2, 0) is 13.6 Å². The van der Waals surface area contributed by atoms with E-state index >= 15 is 0 Å². The first-order valence-corrected chi connectivity index (χ1v) is 7.33. The number of anilines is 1. The molecule has 0 saturated heterocycles. The molecule has 0 aliphatic heterocycles. The van der Waals surface area contributed by atoms with Crippen LogP contribution in [0.5, 0.6) is 0 Å². The first-order chi connectivity index (χ1) is 8.19. The van der Waals surface area contributed by atoms with Gasteiger partial charge in [0.2, 0.25) is 0 Å². The Bertz CT molecular complexity index is 397. The summed E-state index contributed by atoms with van der Waals surface area (Å²) in [6.07, 6.45) is 2.14. The van der Waals surface area contributed by atoms with E-state index in [4.69, 9.17) is 9.05 Å². The molecule has 1 atom stereocenters. The first kappa shape index (κ1) is 12.6. The molecule has 17 heavy (non-hydrogen) atoms. The molecule has 0 radical (unpaired) electrons. The van der Waals surface area contributed by atoms with E-state index in [9.17, 15) is 4.57 Å². The van der Waals surface area contributed by atoms with Crippen molar-refractivity contribution in [1.29, 1.82) is 0 Å². The maximum Gasteiger partial charge on any atom is 0.352 e. The van der Waals surface area contributed by atoms with Gasteiger partial charge in [-0.25, -0.2) is 0 Å². The van der Waals surface area contributed by atoms with Crippen LogP contribution in [-0.4, -0.2) is 20.0 Å². The highest BCUT2D eigenvalue weighted by Gasteiger charge is 2.45. The van der Waals surface area contributed by atoms with Gasteiger partial charge in [0.25, 0.3) is 0 Å². The summed E-state index contributed by atoms with van der Waals surface area (Å²) in [6.45, 7) is 0. The minimum Gasteiger partial charge on any atom is -0.371 e. The van der Waals surface area contributed by atoms with Crippen molar-refractivity contribution in [3.8, 4) is 0 Å². The van der Waals surface area contributed by atoms with Crippen molar-refractivity contribution >= 4 is 13.3 Å². The second-order valence-electron chi connectivity index (χ2n) is 4.20. The lowest BCUT2D eigenvalue weighted by atomic mass is 10.3. The van der Waals surface area contributed by atoms with Crippen LogP contribution in [0.2, 0.25) is 0 Å². The van der Waals surface area contributed by atoms with Crippen LogP contribution in [0.4, 0.5) is 5.69 Å². The van der Waals surface area contributed by atoms with Crippen LogP contribution in [0.1, 0.15) is 12.8 Å². The van der Waals surface area contributed by atoms with Crippen LogP contribution in [0.3, 0.4) is 0 Å². The average Bonchev–Trinajstić information content (AvgIpc) is 3.20. The zero-order valence-corrected chi connectivity index (χ0v) is 11.0. The van der Waals surface area contributed by atoms with Crippen LogP contribution in [0.25, 0.3) is 0 Å². The van der Waals surface area contributed by atoms with Crippen molar-refractivity contribution in [2.24, 2.45) is 5.92 Å². The minimum absolute atomic E-state index is 0.250. The van der Waals surface area contributed by atoms with Crippen molar-refractivity contribution < 1.29 is 13.6 Å². The van der Waals surface area contributed by atoms with Gasteiger partial charge < -0.3 is 14.4 Å². The molecule has 1 saturated carbocycles. The molecule has 0 bridgehead atoms. The summed E-state index contributed by atoms with van der Waals surface area (Å²) in [6, 6.07) is 9.73. The summed E-state index contributed by atoms with van der Waals surface area (Å²) in [5, 5.41) is 3.27. The summed E-state index contributed by atoms with van der Waals surface area (Å²) >= 11 is 0. The Morgan fingerprint density at radius 2 is 1.82 bits per heavy atom. The molecular weight excluding hydrogens is 237 g/mol. The molecule has 1 aliphatic carbocycles. The van der Waals surface area contributed by atoms with Gasteiger partial charge in [0, 0.05) is 19.9 Å². The molecule has 5 heteroatoms. The van der Waals surface area contributed by atoms with Crippen molar-refractivity contribution in [3.05, 3.63) is 30.3 Å². The van der Waals surface area contributed by atoms with Gasteiger partial charge in [-0.15, -0.1) is 0 Å². The molecule has 1 aliphatic rings. The normalized spacial score (nSPS) is 17.8. The Labute approximate surface area is 102 Å². The third-order valence-corrected chi connectivity index (χ3v) is 5.26. The molecule has 0 amide bonds. The standard InChI is InChI=1S/C12H18NO3P/c1-15-17(14,16-2)12(10-8-9-10)13-11-6-4-3-5-7-11/h3-7,10,12-13H,8-9H2,1-2H3. The highest BCUT2D eigenvalue weighted by molar-refractivity contribution is 7.54. The van der Waals surface area contributed by atoms with E-state index in [1.807, 2.05) is 30.3 Å². The van der Waals surface area contributed by atoms with Gasteiger partial charge in [0.15, 0.2) is 0 Å². The highest BCUT2D eigenvalue weighted by Crippen LogP contribution is 2.58. The molecule has 1 aromatic rings. The van der Waals surface area contributed by atoms with E-state index in [0.29, 0.717) is 5.92 Å². The Hall–Kier alpha value is -0.830. The first-order valence-electron chi connectivity index (χ1n) is 5.72. The Balaban J connectivity index is 2.16. The Kier molecular flexibility index (Phi) is 3.87. The van der Waals surface area contributed by atoms with Crippen molar-refractivity contribution in [2.45, 2.75) is 18.6 Å². The lowest BCUT2D eigenvalue weighted by Gasteiger charge is -2.26. The van der Waals surface area contributed by atoms with Crippen LogP contribution in [0.15, 0.2) is 30.3 Å². The SMILES string of the molecule is COP(=O)(OC)C(Nc1ccccc1)C1CC1. The summed E-state index contributed by atoms with van der Waals surface area (Å²) in [4.78, 5) is 0. The highest BCUT2D eigenvalue weighted by atomic mass is 31.2. The summed E-state index contributed by atoms with van der Waals surface area (Å²) in [5.74, 6) is 0.126. The van der Waals surface area contributed by atoms with Gasteiger partial charge in [0.1, 0.15) is 5.78 Å². The molecule has 0 spiro atoms. The quantitative estimate of drug-likeness (QED) is 0.792. The Morgan fingerprint density at radius 1 is 1.24 bits per heavy atom. The molecule has 1 aromatic carbocycles. The predicted octanol–water partition coefficient (Wildman–Crippen LogP) is 3.32. The molecule has 0 aromatic heterocycles. The molecular formula is C12H18NO3P. The second-order valence-corrected chi connectivity index (χ2v) is 6.56. The number of benzene rings is 1. The molecule has 4 nitrogen and oxygen atoms in total. The fourth-order valence-electron chi connectivity index (χ4n) is 1.87. The third kappa shape index (κ3) is 2.89. The number of hydrogen-bond donors (Lipinski definition) is 1. The summed E-state index contributed by atoms with van der Waals surface area (Å²) in [5.41, 5.74) is 0.943. The van der Waals surface area contributed by atoms with Crippen molar-refractivity contribution in [1.82, 2.24) is 0 Å². The van der Waals surface area contributed by atoms with Crippen LogP contribution in [0, 0.1) is 5.92 Å². The van der Waals surface area contributed by atoms with E-state index in [1.165, 1.54) is 14.2 Å². The van der Waals surface area contributed by atoms with Gasteiger partial charge in [-0.1, -0.05) is 18.2 Å². The second kappa shape index (κ2) is 5.21. The smallest absolute Gasteiger partial charge is 0.352 e. The van der Waals surface area contributed by atoms with Gasteiger partial charge in [-0.2, -0.15) is 0 Å². The third-order valence-electron chi connectivity index (χ3n) is 3.01. The fraction of sp³-hybridized carbons (Fsp3) is 0.500. The van der Waals surface area contributed by atoms with E-state index in [2.05, 4.69) is 5.32 Å². The number of hydrogen-bond acceptors (Lipinski definition) is 4. The fourth-order valence-corrected chi connectivity index (χ4v) is 3.60. The molecule has 2 rings (SSSR count). The lowest BCUT2D eigenvalue weighted by Crippen LogP contribution is -2.23. The Morgan fingerprint density at radius 3 is 2.29 bits per heavy atom. The topological polar surface area (TPSA) is 47.6 Å². The monoisotopic (exact) mass is 255 g/mol. The molecule has 94 valence electrons.